The molecule has 0 bridgehead atoms. The second-order valence-electron chi connectivity index (χ2n) is 6.71. The number of nitrogens with one attached hydrogen (secondary N) is 1. The Morgan fingerprint density at radius 3 is 2.65 bits per heavy atom. The van der Waals surface area contributed by atoms with Crippen LogP contribution in [0.4, 0.5) is 9.18 Å². The summed E-state index contributed by atoms with van der Waals surface area (Å²) in [6.07, 6.45) is 3.08. The number of benzene rings is 1. The first-order valence-corrected chi connectivity index (χ1v) is 8.91. The lowest BCUT2D eigenvalue weighted by atomic mass is 10.1. The fourth-order valence-electron chi connectivity index (χ4n) is 3.19. The van der Waals surface area contributed by atoms with Gasteiger partial charge in [-0.15, -0.1) is 0 Å². The average molecular weight is 360 g/mol. The molecule has 6 nitrogen and oxygen atoms in total. The summed E-state index contributed by atoms with van der Waals surface area (Å²) in [5, 5.41) is 7.25. The Hall–Kier alpha value is -2.57. The minimum absolute atomic E-state index is 0.0751. The van der Waals surface area contributed by atoms with Crippen LogP contribution in [0.15, 0.2) is 30.5 Å². The van der Waals surface area contributed by atoms with Gasteiger partial charge in [-0.2, -0.15) is 5.10 Å². The molecule has 1 aliphatic heterocycles. The molecular formula is C19H25FN4O2. The second-order valence-corrected chi connectivity index (χ2v) is 6.71. The predicted octanol–water partition coefficient (Wildman–Crippen LogP) is 3.18. The molecular weight excluding hydrogens is 335 g/mol. The number of para-hydroxylation sites is 1. The molecule has 1 aromatic heterocycles. The van der Waals surface area contributed by atoms with E-state index in [0.29, 0.717) is 25.9 Å². The molecule has 0 radical (unpaired) electrons. The smallest absolute Gasteiger partial charge is 0.317 e. The van der Waals surface area contributed by atoms with E-state index in [2.05, 4.69) is 10.4 Å². The summed E-state index contributed by atoms with van der Waals surface area (Å²) >= 11 is 0. The van der Waals surface area contributed by atoms with Crippen LogP contribution >= 0.6 is 0 Å². The van der Waals surface area contributed by atoms with Crippen molar-refractivity contribution in [3.05, 3.63) is 47.5 Å². The number of carbonyl (C=O) groups is 1. The molecule has 1 N–H and O–H groups in total. The van der Waals surface area contributed by atoms with Crippen LogP contribution in [0.2, 0.25) is 0 Å². The van der Waals surface area contributed by atoms with Crippen molar-refractivity contribution in [3.8, 4) is 5.75 Å². The fourth-order valence-corrected chi connectivity index (χ4v) is 3.19. The van der Waals surface area contributed by atoms with Crippen molar-refractivity contribution in [2.45, 2.75) is 38.8 Å². The number of halogens is 1. The van der Waals surface area contributed by atoms with Crippen molar-refractivity contribution < 1.29 is 13.9 Å². The lowest BCUT2D eigenvalue weighted by Crippen LogP contribution is -2.47. The predicted molar refractivity (Wildman–Crippen MR) is 96.5 cm³/mol. The number of piperidine rings is 1. The van der Waals surface area contributed by atoms with Crippen molar-refractivity contribution in [3.63, 3.8) is 0 Å². The van der Waals surface area contributed by atoms with Gasteiger partial charge in [0, 0.05) is 44.2 Å². The standard InChI is InChI=1S/C19H25FN4O2/c1-13(16-12-21-23(3)14(16)2)22-19(25)24-10-8-15(9-11-24)26-18-7-5-4-6-17(18)20/h4-7,12-13,15H,8-11H2,1-3H3,(H,22,25)/t13-/m0/s1. The first kappa shape index (κ1) is 18.2. The molecule has 0 unspecified atom stereocenters. The molecule has 0 spiro atoms. The zero-order valence-electron chi connectivity index (χ0n) is 15.4. The quantitative estimate of drug-likeness (QED) is 0.911. The van der Waals surface area contributed by atoms with Crippen LogP contribution in [0, 0.1) is 12.7 Å². The maximum Gasteiger partial charge on any atom is 0.317 e. The van der Waals surface area contributed by atoms with Crippen LogP contribution in [-0.4, -0.2) is 39.9 Å². The zero-order chi connectivity index (χ0) is 18.7. The average Bonchev–Trinajstić information content (AvgIpc) is 2.96. The first-order valence-electron chi connectivity index (χ1n) is 8.91. The van der Waals surface area contributed by atoms with E-state index < -0.39 is 0 Å². The summed E-state index contributed by atoms with van der Waals surface area (Å²) in [7, 11) is 1.88. The van der Waals surface area contributed by atoms with Gasteiger partial charge in [0.1, 0.15) is 6.10 Å². The van der Waals surface area contributed by atoms with Gasteiger partial charge < -0.3 is 15.0 Å². The number of aryl methyl sites for hydroxylation is 1. The summed E-state index contributed by atoms with van der Waals surface area (Å²) < 4.78 is 21.2. The van der Waals surface area contributed by atoms with Crippen molar-refractivity contribution in [2.75, 3.05) is 13.1 Å². The number of rotatable bonds is 4. The highest BCUT2D eigenvalue weighted by Crippen LogP contribution is 2.22. The normalized spacial score (nSPS) is 16.4. The Bertz CT molecular complexity index is 769. The van der Waals surface area contributed by atoms with E-state index in [9.17, 15) is 9.18 Å². The summed E-state index contributed by atoms with van der Waals surface area (Å²) in [5.41, 5.74) is 2.05. The van der Waals surface area contributed by atoms with Crippen molar-refractivity contribution in [1.29, 1.82) is 0 Å². The topological polar surface area (TPSA) is 59.4 Å². The Morgan fingerprint density at radius 1 is 1.35 bits per heavy atom. The van der Waals surface area contributed by atoms with Crippen molar-refractivity contribution in [2.24, 2.45) is 7.05 Å². The summed E-state index contributed by atoms with van der Waals surface area (Å²) in [4.78, 5) is 14.3. The summed E-state index contributed by atoms with van der Waals surface area (Å²) in [6, 6.07) is 6.21. The number of hydrogen-bond acceptors (Lipinski definition) is 3. The third-order valence-electron chi connectivity index (χ3n) is 4.94. The SMILES string of the molecule is Cc1c([C@H](C)NC(=O)N2CCC(Oc3ccccc3F)CC2)cnn1C. The van der Waals surface area contributed by atoms with Gasteiger partial charge in [0.25, 0.3) is 0 Å². The van der Waals surface area contributed by atoms with E-state index in [0.717, 1.165) is 11.3 Å². The number of amides is 2. The van der Waals surface area contributed by atoms with Gasteiger partial charge in [-0.1, -0.05) is 12.1 Å². The molecule has 0 aliphatic carbocycles. The third-order valence-corrected chi connectivity index (χ3v) is 4.94. The molecule has 140 valence electrons. The van der Waals surface area contributed by atoms with Crippen LogP contribution in [0.1, 0.15) is 37.1 Å². The maximum atomic E-state index is 13.7. The molecule has 2 heterocycles. The van der Waals surface area contributed by atoms with Gasteiger partial charge in [0.15, 0.2) is 11.6 Å². The van der Waals surface area contributed by atoms with Gasteiger partial charge in [-0.25, -0.2) is 9.18 Å². The van der Waals surface area contributed by atoms with Gasteiger partial charge in [0.05, 0.1) is 12.2 Å². The minimum Gasteiger partial charge on any atom is -0.487 e. The lowest BCUT2D eigenvalue weighted by Gasteiger charge is -2.33. The second kappa shape index (κ2) is 7.76. The van der Waals surface area contributed by atoms with E-state index in [1.807, 2.05) is 20.9 Å². The Morgan fingerprint density at radius 2 is 2.04 bits per heavy atom. The molecule has 1 atom stereocenters. The van der Waals surface area contributed by atoms with E-state index in [-0.39, 0.29) is 29.7 Å². The largest absolute Gasteiger partial charge is 0.487 e. The third kappa shape index (κ3) is 3.98. The Labute approximate surface area is 152 Å². The van der Waals surface area contributed by atoms with Crippen LogP contribution in [0.3, 0.4) is 0 Å². The molecule has 3 rings (SSSR count). The number of ether oxygens (including phenoxy) is 1. The van der Waals surface area contributed by atoms with E-state index >= 15 is 0 Å². The molecule has 0 saturated carbocycles. The van der Waals surface area contributed by atoms with E-state index in [4.69, 9.17) is 4.74 Å². The van der Waals surface area contributed by atoms with Gasteiger partial charge >= 0.3 is 6.03 Å². The van der Waals surface area contributed by atoms with Crippen LogP contribution in [0.5, 0.6) is 5.75 Å². The van der Waals surface area contributed by atoms with E-state index in [1.165, 1.54) is 6.07 Å². The van der Waals surface area contributed by atoms with Crippen molar-refractivity contribution >= 4 is 6.03 Å². The van der Waals surface area contributed by atoms with Gasteiger partial charge in [0.2, 0.25) is 0 Å². The Balaban J connectivity index is 1.50. The fraction of sp³-hybridized carbons (Fsp3) is 0.474. The molecule has 2 amide bonds. The molecule has 7 heteroatoms. The maximum absolute atomic E-state index is 13.7. The minimum atomic E-state index is -0.353. The zero-order valence-corrected chi connectivity index (χ0v) is 15.4. The summed E-state index contributed by atoms with van der Waals surface area (Å²) in [5.74, 6) is -0.0792. The number of aromatic nitrogens is 2. The molecule has 1 saturated heterocycles. The number of likely N-dealkylation sites (tertiary alicyclic amines) is 1. The van der Waals surface area contributed by atoms with Crippen molar-refractivity contribution in [1.82, 2.24) is 20.0 Å². The lowest BCUT2D eigenvalue weighted by molar-refractivity contribution is 0.107. The summed E-state index contributed by atoms with van der Waals surface area (Å²) in [6.45, 7) is 5.11. The monoisotopic (exact) mass is 360 g/mol. The van der Waals surface area contributed by atoms with Gasteiger partial charge in [-0.05, 0) is 26.0 Å². The number of nitrogens with zero attached hydrogens (tertiary/aromatic N) is 3. The highest BCUT2D eigenvalue weighted by molar-refractivity contribution is 5.74. The number of carbonyl (C=O) groups excluding carboxylic acids is 1. The first-order chi connectivity index (χ1) is 12.5. The number of urea groups is 1. The van der Waals surface area contributed by atoms with Crippen LogP contribution in [-0.2, 0) is 7.05 Å². The van der Waals surface area contributed by atoms with Crippen LogP contribution < -0.4 is 10.1 Å². The van der Waals surface area contributed by atoms with Gasteiger partial charge in [-0.3, -0.25) is 4.68 Å². The Kier molecular flexibility index (Phi) is 5.44. The molecule has 2 aromatic rings. The highest BCUT2D eigenvalue weighted by atomic mass is 19.1. The van der Waals surface area contributed by atoms with E-state index in [1.54, 1.807) is 34.0 Å². The number of hydrogen-bond donors (Lipinski definition) is 1. The highest BCUT2D eigenvalue weighted by Gasteiger charge is 2.26. The molecule has 1 aliphatic rings. The van der Waals surface area contributed by atoms with Crippen LogP contribution in [0.25, 0.3) is 0 Å². The molecule has 1 fully saturated rings. The molecule has 1 aromatic carbocycles. The molecule has 26 heavy (non-hydrogen) atoms.